The number of carbonyl (C=O) groups is 1. The lowest BCUT2D eigenvalue weighted by atomic mass is 10.2. The van der Waals surface area contributed by atoms with Crippen LogP contribution in [-0.2, 0) is 10.0 Å². The number of halogens is 1. The summed E-state index contributed by atoms with van der Waals surface area (Å²) in [5.41, 5.74) is 0.0890. The molecule has 3 aromatic rings. The molecule has 1 N–H and O–H groups in total. The lowest BCUT2D eigenvalue weighted by Gasteiger charge is -2.37. The van der Waals surface area contributed by atoms with Crippen LogP contribution in [0.3, 0.4) is 0 Å². The number of benzene rings is 2. The van der Waals surface area contributed by atoms with Crippen molar-refractivity contribution >= 4 is 26.9 Å². The molecule has 0 spiro atoms. The Bertz CT molecular complexity index is 1180. The first kappa shape index (κ1) is 18.3. The Morgan fingerprint density at radius 1 is 1.14 bits per heavy atom. The minimum Gasteiger partial charge on any atom is -0.478 e. The van der Waals surface area contributed by atoms with E-state index in [1.165, 1.54) is 0 Å². The van der Waals surface area contributed by atoms with Crippen LogP contribution in [0.25, 0.3) is 10.9 Å². The summed E-state index contributed by atoms with van der Waals surface area (Å²) < 4.78 is 45.6. The summed E-state index contributed by atoms with van der Waals surface area (Å²) in [6.45, 7) is 0.188. The standard InChI is InChI=1S/C19H15FN2O5S/c20-16-7-6-14(9-15(16)19(23)24)28(25,26)22-10-13(11-22)27-18-8-5-12-3-1-2-4-17(12)21-18/h1-9,13H,10-11H2,(H,23,24). The largest absolute Gasteiger partial charge is 0.478 e. The van der Waals surface area contributed by atoms with Crippen LogP contribution in [0.4, 0.5) is 4.39 Å². The minimum absolute atomic E-state index is 0.0939. The smallest absolute Gasteiger partial charge is 0.338 e. The normalized spacial score (nSPS) is 15.3. The van der Waals surface area contributed by atoms with Crippen molar-refractivity contribution in [2.24, 2.45) is 0 Å². The maximum Gasteiger partial charge on any atom is 0.338 e. The average molecular weight is 402 g/mol. The first-order valence-electron chi connectivity index (χ1n) is 8.40. The van der Waals surface area contributed by atoms with E-state index in [1.54, 1.807) is 6.07 Å². The van der Waals surface area contributed by atoms with Gasteiger partial charge in [-0.2, -0.15) is 4.31 Å². The van der Waals surface area contributed by atoms with Crippen LogP contribution in [-0.4, -0.2) is 48.0 Å². The Kier molecular flexibility index (Phi) is 4.48. The van der Waals surface area contributed by atoms with E-state index in [2.05, 4.69) is 4.98 Å². The van der Waals surface area contributed by atoms with Gasteiger partial charge in [0.2, 0.25) is 15.9 Å². The third-order valence-corrected chi connectivity index (χ3v) is 6.31. The van der Waals surface area contributed by atoms with Gasteiger partial charge in [0, 0.05) is 11.5 Å². The van der Waals surface area contributed by atoms with E-state index in [4.69, 9.17) is 9.84 Å². The van der Waals surface area contributed by atoms with Gasteiger partial charge >= 0.3 is 5.97 Å². The minimum atomic E-state index is -3.93. The number of aromatic nitrogens is 1. The van der Waals surface area contributed by atoms with Crippen molar-refractivity contribution in [3.63, 3.8) is 0 Å². The Balaban J connectivity index is 1.46. The number of pyridine rings is 1. The molecule has 1 fully saturated rings. The topological polar surface area (TPSA) is 96.8 Å². The molecule has 1 aliphatic heterocycles. The van der Waals surface area contributed by atoms with Crippen LogP contribution in [0.2, 0.25) is 0 Å². The first-order valence-corrected chi connectivity index (χ1v) is 9.84. The molecule has 4 rings (SSSR count). The molecule has 144 valence electrons. The van der Waals surface area contributed by atoms with Crippen LogP contribution < -0.4 is 4.74 Å². The molecule has 0 bridgehead atoms. The van der Waals surface area contributed by atoms with Crippen molar-refractivity contribution in [2.75, 3.05) is 13.1 Å². The van der Waals surface area contributed by atoms with E-state index in [0.29, 0.717) is 5.88 Å². The van der Waals surface area contributed by atoms with Crippen LogP contribution in [0.1, 0.15) is 10.4 Å². The Labute approximate surface area is 160 Å². The van der Waals surface area contributed by atoms with Gasteiger partial charge in [0.1, 0.15) is 11.9 Å². The molecule has 0 radical (unpaired) electrons. The molecule has 0 atom stereocenters. The zero-order valence-electron chi connectivity index (χ0n) is 14.4. The fourth-order valence-corrected chi connectivity index (χ4v) is 4.46. The third-order valence-electron chi connectivity index (χ3n) is 4.48. The fraction of sp³-hybridized carbons (Fsp3) is 0.158. The number of hydrogen-bond donors (Lipinski definition) is 1. The van der Waals surface area contributed by atoms with E-state index in [-0.39, 0.29) is 24.1 Å². The lowest BCUT2D eigenvalue weighted by Crippen LogP contribution is -2.56. The van der Waals surface area contributed by atoms with Crippen molar-refractivity contribution in [1.82, 2.24) is 9.29 Å². The van der Waals surface area contributed by atoms with Gasteiger partial charge in [0.05, 0.1) is 29.1 Å². The van der Waals surface area contributed by atoms with Gasteiger partial charge in [-0.3, -0.25) is 0 Å². The number of nitrogens with zero attached hydrogens (tertiary/aromatic N) is 2. The van der Waals surface area contributed by atoms with Crippen molar-refractivity contribution in [3.8, 4) is 5.88 Å². The lowest BCUT2D eigenvalue weighted by molar-refractivity contribution is 0.0690. The molecule has 0 unspecified atom stereocenters. The van der Waals surface area contributed by atoms with Crippen molar-refractivity contribution in [3.05, 3.63) is 66.0 Å². The maximum absolute atomic E-state index is 13.5. The number of carboxylic acid groups (broad SMARTS) is 1. The molecule has 1 aliphatic rings. The molecule has 0 saturated carbocycles. The summed E-state index contributed by atoms with van der Waals surface area (Å²) in [7, 11) is -3.93. The highest BCUT2D eigenvalue weighted by atomic mass is 32.2. The van der Waals surface area contributed by atoms with Crippen molar-refractivity contribution in [1.29, 1.82) is 0 Å². The quantitative estimate of drug-likeness (QED) is 0.704. The second-order valence-corrected chi connectivity index (χ2v) is 8.29. The Morgan fingerprint density at radius 2 is 1.89 bits per heavy atom. The molecule has 0 amide bonds. The molecule has 28 heavy (non-hydrogen) atoms. The summed E-state index contributed by atoms with van der Waals surface area (Å²) >= 11 is 0. The molecule has 9 heteroatoms. The number of para-hydroxylation sites is 1. The summed E-state index contributed by atoms with van der Waals surface area (Å²) in [6.07, 6.45) is -0.372. The monoisotopic (exact) mass is 402 g/mol. The zero-order chi connectivity index (χ0) is 19.9. The van der Waals surface area contributed by atoms with Crippen LogP contribution in [0, 0.1) is 5.82 Å². The summed E-state index contributed by atoms with van der Waals surface area (Å²) in [4.78, 5) is 15.1. The summed E-state index contributed by atoms with van der Waals surface area (Å²) in [6, 6.07) is 13.9. The molecule has 2 aromatic carbocycles. The van der Waals surface area contributed by atoms with Crippen LogP contribution in [0.5, 0.6) is 5.88 Å². The number of fused-ring (bicyclic) bond motifs is 1. The van der Waals surface area contributed by atoms with Gasteiger partial charge < -0.3 is 9.84 Å². The van der Waals surface area contributed by atoms with E-state index >= 15 is 0 Å². The van der Waals surface area contributed by atoms with Crippen molar-refractivity contribution < 1.29 is 27.4 Å². The summed E-state index contributed by atoms with van der Waals surface area (Å²) in [5, 5.41) is 9.94. The van der Waals surface area contributed by atoms with E-state index in [9.17, 15) is 17.6 Å². The van der Waals surface area contributed by atoms with E-state index < -0.39 is 27.4 Å². The van der Waals surface area contributed by atoms with Gasteiger partial charge in [0.15, 0.2) is 0 Å². The molecule has 1 saturated heterocycles. The van der Waals surface area contributed by atoms with Crippen molar-refractivity contribution in [2.45, 2.75) is 11.0 Å². The first-order chi connectivity index (χ1) is 13.3. The second-order valence-electron chi connectivity index (χ2n) is 6.35. The number of sulfonamides is 1. The number of rotatable bonds is 5. The Hall–Kier alpha value is -3.04. The van der Waals surface area contributed by atoms with Crippen LogP contribution in [0.15, 0.2) is 59.5 Å². The van der Waals surface area contributed by atoms with Gasteiger partial charge in [-0.25, -0.2) is 22.6 Å². The Morgan fingerprint density at radius 3 is 2.64 bits per heavy atom. The SMILES string of the molecule is O=C(O)c1cc(S(=O)(=O)N2CC(Oc3ccc4ccccc4n3)C2)ccc1F. The highest BCUT2D eigenvalue weighted by Gasteiger charge is 2.38. The molecule has 2 heterocycles. The highest BCUT2D eigenvalue weighted by Crippen LogP contribution is 2.26. The predicted molar refractivity (Wildman–Crippen MR) is 98.3 cm³/mol. The number of carboxylic acids is 1. The maximum atomic E-state index is 13.5. The molecular formula is C19H15FN2O5S. The summed E-state index contributed by atoms with van der Waals surface area (Å²) in [5.74, 6) is -2.11. The molecular weight excluding hydrogens is 387 g/mol. The fourth-order valence-electron chi connectivity index (χ4n) is 2.93. The van der Waals surface area contributed by atoms with Gasteiger partial charge in [-0.1, -0.05) is 18.2 Å². The van der Waals surface area contributed by atoms with Gasteiger partial charge in [-0.15, -0.1) is 0 Å². The van der Waals surface area contributed by atoms with Gasteiger partial charge in [-0.05, 0) is 30.3 Å². The van der Waals surface area contributed by atoms with Gasteiger partial charge in [0.25, 0.3) is 0 Å². The molecule has 7 nitrogen and oxygen atoms in total. The third kappa shape index (κ3) is 3.30. The second kappa shape index (κ2) is 6.84. The molecule has 0 aliphatic carbocycles. The highest BCUT2D eigenvalue weighted by molar-refractivity contribution is 7.89. The predicted octanol–water partition coefficient (Wildman–Crippen LogP) is 2.52. The van der Waals surface area contributed by atoms with E-state index in [1.807, 2.05) is 30.3 Å². The number of ether oxygens (including phenoxy) is 1. The zero-order valence-corrected chi connectivity index (χ0v) is 15.3. The molecule has 1 aromatic heterocycles. The van der Waals surface area contributed by atoms with E-state index in [0.717, 1.165) is 33.4 Å². The van der Waals surface area contributed by atoms with Crippen LogP contribution >= 0.6 is 0 Å². The number of hydrogen-bond acceptors (Lipinski definition) is 5. The average Bonchev–Trinajstić information content (AvgIpc) is 2.64. The number of aromatic carboxylic acids is 1.